The highest BCUT2D eigenvalue weighted by Crippen LogP contribution is 2.11. The third kappa shape index (κ3) is 4.58. The Labute approximate surface area is 112 Å². The Balaban J connectivity index is 2.30. The lowest BCUT2D eigenvalue weighted by Crippen LogP contribution is -2.50. The molecule has 1 heterocycles. The Hall–Kier alpha value is -0.610. The van der Waals surface area contributed by atoms with Gasteiger partial charge < -0.3 is 15.1 Å². The second-order valence-electron chi connectivity index (χ2n) is 5.36. The predicted octanol–water partition coefficient (Wildman–Crippen LogP) is 1.32. The van der Waals surface area contributed by atoms with Crippen LogP contribution >= 0.6 is 0 Å². The van der Waals surface area contributed by atoms with Crippen molar-refractivity contribution >= 4 is 5.91 Å². The van der Waals surface area contributed by atoms with Crippen molar-refractivity contribution in [1.29, 1.82) is 0 Å². The van der Waals surface area contributed by atoms with E-state index >= 15 is 0 Å². The van der Waals surface area contributed by atoms with E-state index in [4.69, 9.17) is 0 Å². The topological polar surface area (TPSA) is 35.6 Å². The minimum atomic E-state index is -0.0577. The van der Waals surface area contributed by atoms with Crippen LogP contribution in [0.4, 0.5) is 0 Å². The summed E-state index contributed by atoms with van der Waals surface area (Å²) >= 11 is 0. The molecule has 0 aromatic rings. The Bertz CT molecular complexity index is 249. The largest absolute Gasteiger partial charge is 0.345 e. The van der Waals surface area contributed by atoms with E-state index in [-0.39, 0.29) is 11.9 Å². The first kappa shape index (κ1) is 15.4. The molecule has 1 atom stereocenters. The zero-order valence-electron chi connectivity index (χ0n) is 12.4. The fourth-order valence-corrected chi connectivity index (χ4v) is 2.55. The number of piperidine rings is 1. The van der Waals surface area contributed by atoms with Crippen molar-refractivity contribution in [3.63, 3.8) is 0 Å². The monoisotopic (exact) mass is 255 g/mol. The molecule has 4 nitrogen and oxygen atoms in total. The summed E-state index contributed by atoms with van der Waals surface area (Å²) < 4.78 is 0. The number of likely N-dealkylation sites (tertiary alicyclic amines) is 1. The summed E-state index contributed by atoms with van der Waals surface area (Å²) in [4.78, 5) is 16.3. The molecule has 106 valence electrons. The molecule has 1 unspecified atom stereocenters. The molecule has 1 saturated heterocycles. The lowest BCUT2D eigenvalue weighted by atomic mass is 10.0. The maximum atomic E-state index is 12.0. The molecule has 1 fully saturated rings. The first-order valence-corrected chi connectivity index (χ1v) is 7.31. The SMILES string of the molecule is CCCN1CCC(NC(C)C(=O)N(C)CC)CC1. The Morgan fingerprint density at radius 1 is 1.39 bits per heavy atom. The van der Waals surface area contributed by atoms with Crippen LogP contribution < -0.4 is 5.32 Å². The van der Waals surface area contributed by atoms with Gasteiger partial charge in [-0.25, -0.2) is 0 Å². The van der Waals surface area contributed by atoms with Gasteiger partial charge in [-0.05, 0) is 52.7 Å². The van der Waals surface area contributed by atoms with Crippen LogP contribution in [0.25, 0.3) is 0 Å². The van der Waals surface area contributed by atoms with Gasteiger partial charge in [-0.1, -0.05) is 6.92 Å². The third-order valence-corrected chi connectivity index (χ3v) is 3.83. The molecular formula is C14H29N3O. The molecule has 0 aromatic heterocycles. The predicted molar refractivity (Wildman–Crippen MR) is 75.7 cm³/mol. The summed E-state index contributed by atoms with van der Waals surface area (Å²) in [6.07, 6.45) is 3.55. The Morgan fingerprint density at radius 2 is 2.00 bits per heavy atom. The molecule has 18 heavy (non-hydrogen) atoms. The molecule has 0 aliphatic carbocycles. The minimum Gasteiger partial charge on any atom is -0.345 e. The van der Waals surface area contributed by atoms with Crippen LogP contribution in [-0.2, 0) is 4.79 Å². The molecule has 1 aliphatic heterocycles. The molecule has 0 radical (unpaired) electrons. The van der Waals surface area contributed by atoms with Crippen LogP contribution in [0.5, 0.6) is 0 Å². The number of hydrogen-bond donors (Lipinski definition) is 1. The van der Waals surface area contributed by atoms with Crippen LogP contribution in [0, 0.1) is 0 Å². The summed E-state index contributed by atoms with van der Waals surface area (Å²) in [5, 5.41) is 3.48. The maximum Gasteiger partial charge on any atom is 0.239 e. The molecule has 1 amide bonds. The van der Waals surface area contributed by atoms with Gasteiger partial charge in [0.15, 0.2) is 0 Å². The number of nitrogens with zero attached hydrogens (tertiary/aromatic N) is 2. The van der Waals surface area contributed by atoms with Gasteiger partial charge in [0, 0.05) is 19.6 Å². The zero-order valence-corrected chi connectivity index (χ0v) is 12.4. The zero-order chi connectivity index (χ0) is 13.5. The summed E-state index contributed by atoms with van der Waals surface area (Å²) in [6.45, 7) is 10.5. The third-order valence-electron chi connectivity index (χ3n) is 3.83. The second kappa shape index (κ2) is 7.74. The highest BCUT2D eigenvalue weighted by molar-refractivity contribution is 5.81. The summed E-state index contributed by atoms with van der Waals surface area (Å²) in [7, 11) is 1.87. The van der Waals surface area contributed by atoms with Crippen LogP contribution in [-0.4, -0.2) is 61.0 Å². The van der Waals surface area contributed by atoms with E-state index in [0.29, 0.717) is 6.04 Å². The van der Waals surface area contributed by atoms with E-state index in [0.717, 1.165) is 32.5 Å². The molecular weight excluding hydrogens is 226 g/mol. The number of hydrogen-bond acceptors (Lipinski definition) is 3. The van der Waals surface area contributed by atoms with Crippen molar-refractivity contribution in [3.05, 3.63) is 0 Å². The van der Waals surface area contributed by atoms with E-state index in [9.17, 15) is 4.79 Å². The van der Waals surface area contributed by atoms with Gasteiger partial charge in [0.2, 0.25) is 5.91 Å². The summed E-state index contributed by atoms with van der Waals surface area (Å²) in [5.74, 6) is 0.202. The van der Waals surface area contributed by atoms with Crippen molar-refractivity contribution in [2.24, 2.45) is 0 Å². The molecule has 0 saturated carbocycles. The normalized spacial score (nSPS) is 19.8. The Morgan fingerprint density at radius 3 is 2.50 bits per heavy atom. The Kier molecular flexibility index (Phi) is 6.65. The number of amides is 1. The molecule has 4 heteroatoms. The van der Waals surface area contributed by atoms with Gasteiger partial charge in [-0.15, -0.1) is 0 Å². The van der Waals surface area contributed by atoms with Gasteiger partial charge in [0.05, 0.1) is 6.04 Å². The number of carbonyl (C=O) groups excluding carboxylic acids is 1. The fraction of sp³-hybridized carbons (Fsp3) is 0.929. The summed E-state index contributed by atoms with van der Waals surface area (Å²) in [5.41, 5.74) is 0. The van der Waals surface area contributed by atoms with Crippen LogP contribution in [0.15, 0.2) is 0 Å². The molecule has 1 aliphatic rings. The van der Waals surface area contributed by atoms with Crippen molar-refractivity contribution in [2.45, 2.75) is 52.1 Å². The average Bonchev–Trinajstić information content (AvgIpc) is 2.39. The van der Waals surface area contributed by atoms with Crippen LogP contribution in [0.2, 0.25) is 0 Å². The van der Waals surface area contributed by atoms with E-state index in [2.05, 4.69) is 17.1 Å². The first-order valence-electron chi connectivity index (χ1n) is 7.31. The van der Waals surface area contributed by atoms with Gasteiger partial charge in [0.1, 0.15) is 0 Å². The molecule has 0 spiro atoms. The number of rotatable bonds is 6. The fourth-order valence-electron chi connectivity index (χ4n) is 2.55. The average molecular weight is 255 g/mol. The van der Waals surface area contributed by atoms with Gasteiger partial charge in [0.25, 0.3) is 0 Å². The maximum absolute atomic E-state index is 12.0. The van der Waals surface area contributed by atoms with E-state index < -0.39 is 0 Å². The van der Waals surface area contributed by atoms with Crippen molar-refractivity contribution < 1.29 is 4.79 Å². The number of carbonyl (C=O) groups is 1. The standard InChI is InChI=1S/C14H29N3O/c1-5-9-17-10-7-13(8-11-17)15-12(3)14(18)16(4)6-2/h12-13,15H,5-11H2,1-4H3. The number of likely N-dealkylation sites (N-methyl/N-ethyl adjacent to an activating group) is 1. The van der Waals surface area contributed by atoms with Crippen LogP contribution in [0.1, 0.15) is 40.0 Å². The lowest BCUT2D eigenvalue weighted by molar-refractivity contribution is -0.131. The van der Waals surface area contributed by atoms with Crippen molar-refractivity contribution in [1.82, 2.24) is 15.1 Å². The van der Waals surface area contributed by atoms with Crippen LogP contribution in [0.3, 0.4) is 0 Å². The first-order chi connectivity index (χ1) is 8.58. The van der Waals surface area contributed by atoms with Gasteiger partial charge in [-0.2, -0.15) is 0 Å². The second-order valence-corrected chi connectivity index (χ2v) is 5.36. The highest BCUT2D eigenvalue weighted by Gasteiger charge is 2.23. The number of nitrogens with one attached hydrogen (secondary N) is 1. The minimum absolute atomic E-state index is 0.0577. The molecule has 0 bridgehead atoms. The van der Waals surface area contributed by atoms with E-state index in [1.165, 1.54) is 13.0 Å². The van der Waals surface area contributed by atoms with E-state index in [1.54, 1.807) is 4.90 Å². The summed E-state index contributed by atoms with van der Waals surface area (Å²) in [6, 6.07) is 0.444. The van der Waals surface area contributed by atoms with Crippen molar-refractivity contribution in [2.75, 3.05) is 33.2 Å². The van der Waals surface area contributed by atoms with Gasteiger partial charge in [-0.3, -0.25) is 4.79 Å². The van der Waals surface area contributed by atoms with Gasteiger partial charge >= 0.3 is 0 Å². The van der Waals surface area contributed by atoms with Crippen molar-refractivity contribution in [3.8, 4) is 0 Å². The smallest absolute Gasteiger partial charge is 0.239 e. The lowest BCUT2D eigenvalue weighted by Gasteiger charge is -2.34. The molecule has 0 aromatic carbocycles. The highest BCUT2D eigenvalue weighted by atomic mass is 16.2. The quantitative estimate of drug-likeness (QED) is 0.777. The molecule has 1 N–H and O–H groups in total. The molecule has 1 rings (SSSR count). The van der Waals surface area contributed by atoms with E-state index in [1.807, 2.05) is 20.9 Å².